The molecule has 0 fully saturated rings. The number of likely N-dealkylation sites (N-methyl/N-ethyl adjacent to an activating group) is 1. The number of rotatable bonds is 8. The van der Waals surface area contributed by atoms with Crippen molar-refractivity contribution in [3.8, 4) is 10.6 Å². The monoisotopic (exact) mass is 542 g/mol. The van der Waals surface area contributed by atoms with Gasteiger partial charge in [-0.25, -0.2) is 4.98 Å². The molecule has 0 aliphatic carbocycles. The first-order chi connectivity index (χ1) is 19.1. The Balaban J connectivity index is 0.00000194. The van der Waals surface area contributed by atoms with Crippen LogP contribution in [-0.4, -0.2) is 56.9 Å². The number of carbonyl (C=O) groups is 1. The molecule has 6 rings (SSSR count). The Hall–Kier alpha value is -4.28. The molecule has 202 valence electrons. The van der Waals surface area contributed by atoms with Crippen molar-refractivity contribution in [2.75, 3.05) is 36.4 Å². The highest BCUT2D eigenvalue weighted by Gasteiger charge is 2.25. The van der Waals surface area contributed by atoms with E-state index in [1.807, 2.05) is 35.4 Å². The molecular formula is C29H34N8OS. The smallest absolute Gasteiger partial charge is 0.255 e. The Morgan fingerprint density at radius 1 is 1.23 bits per heavy atom. The van der Waals surface area contributed by atoms with Crippen molar-refractivity contribution < 1.29 is 7.65 Å². The molecule has 1 amide bonds. The minimum Gasteiger partial charge on any atom is -0.370 e. The third-order valence-corrected chi connectivity index (χ3v) is 8.20. The highest BCUT2D eigenvalue weighted by Crippen LogP contribution is 2.37. The number of hydrogen-bond acceptors (Lipinski definition) is 8. The Labute approximate surface area is 233 Å². The van der Waals surface area contributed by atoms with Crippen LogP contribution in [0, 0.1) is 0 Å². The van der Waals surface area contributed by atoms with Crippen molar-refractivity contribution in [3.05, 3.63) is 83.1 Å². The number of carbonyl (C=O) groups excluding carboxylic acids is 1. The van der Waals surface area contributed by atoms with E-state index >= 15 is 0 Å². The third-order valence-electron chi connectivity index (χ3n) is 6.96. The van der Waals surface area contributed by atoms with Crippen LogP contribution in [0.4, 0.5) is 17.3 Å². The van der Waals surface area contributed by atoms with Gasteiger partial charge in [-0.15, -0.1) is 11.3 Å². The summed E-state index contributed by atoms with van der Waals surface area (Å²) in [4.78, 5) is 36.6. The summed E-state index contributed by atoms with van der Waals surface area (Å²) in [5, 5.41) is 4.37. The summed E-state index contributed by atoms with van der Waals surface area (Å²) in [6.07, 6.45) is 6.02. The topological polar surface area (TPSA) is 116 Å². The molecule has 0 bridgehead atoms. The quantitative estimate of drug-likeness (QED) is 0.244. The highest BCUT2D eigenvalue weighted by molar-refractivity contribution is 7.15. The van der Waals surface area contributed by atoms with E-state index in [-0.39, 0.29) is 8.76 Å². The van der Waals surface area contributed by atoms with Crippen LogP contribution in [0.25, 0.3) is 21.6 Å². The van der Waals surface area contributed by atoms with Crippen LogP contribution < -0.4 is 16.0 Å². The van der Waals surface area contributed by atoms with Crippen LogP contribution >= 0.6 is 11.3 Å². The lowest BCUT2D eigenvalue weighted by Crippen LogP contribution is -2.35. The number of aromatic nitrogens is 4. The maximum absolute atomic E-state index is 13.0. The van der Waals surface area contributed by atoms with Gasteiger partial charge in [-0.05, 0) is 61.4 Å². The van der Waals surface area contributed by atoms with E-state index in [9.17, 15) is 4.79 Å². The van der Waals surface area contributed by atoms with Crippen LogP contribution in [-0.2, 0) is 13.0 Å². The van der Waals surface area contributed by atoms with Gasteiger partial charge < -0.3 is 25.8 Å². The molecule has 39 heavy (non-hydrogen) atoms. The number of hydrogen-bond donors (Lipinski definition) is 3. The first kappa shape index (κ1) is 25.0. The molecule has 1 aliphatic rings. The molecular weight excluding hydrogens is 508 g/mol. The van der Waals surface area contributed by atoms with Crippen molar-refractivity contribution in [1.29, 1.82) is 0 Å². The molecule has 0 saturated carbocycles. The molecule has 0 radical (unpaired) electrons. The third kappa shape index (κ3) is 5.08. The van der Waals surface area contributed by atoms with Crippen LogP contribution in [0.3, 0.4) is 0 Å². The van der Waals surface area contributed by atoms with E-state index in [1.165, 1.54) is 10.4 Å². The zero-order valence-electron chi connectivity index (χ0n) is 21.7. The van der Waals surface area contributed by atoms with Crippen LogP contribution in [0.15, 0.2) is 67.1 Å². The van der Waals surface area contributed by atoms with Crippen molar-refractivity contribution >= 4 is 45.6 Å². The molecule has 10 heteroatoms. The first-order valence-electron chi connectivity index (χ1n) is 13.1. The molecule has 1 aliphatic heterocycles. The Morgan fingerprint density at radius 2 is 2.15 bits per heavy atom. The fourth-order valence-electron chi connectivity index (χ4n) is 5.02. The second-order valence-electron chi connectivity index (χ2n) is 9.46. The predicted octanol–water partition coefficient (Wildman–Crippen LogP) is 5.30. The number of nitrogens with two attached hydrogens (primary N) is 1. The predicted molar refractivity (Wildman–Crippen MR) is 161 cm³/mol. The van der Waals surface area contributed by atoms with E-state index in [4.69, 9.17) is 15.7 Å². The van der Waals surface area contributed by atoms with E-state index < -0.39 is 0 Å². The van der Waals surface area contributed by atoms with Crippen LogP contribution in [0.2, 0.25) is 0 Å². The number of nitrogens with one attached hydrogen (secondary N) is 2. The van der Waals surface area contributed by atoms with Gasteiger partial charge in [0.2, 0.25) is 5.95 Å². The summed E-state index contributed by atoms with van der Waals surface area (Å²) in [7, 11) is 0. The average Bonchev–Trinajstić information content (AvgIpc) is 3.62. The molecule has 4 N–H and O–H groups in total. The number of fused-ring (bicyclic) bond motifs is 2. The first-order valence-corrected chi connectivity index (χ1v) is 13.9. The number of nitrogens with zero attached hydrogens (tertiary/aromatic N) is 5. The zero-order valence-corrected chi connectivity index (χ0v) is 22.5. The number of amides is 1. The molecule has 4 aromatic heterocycles. The number of aromatic amines is 1. The Kier molecular flexibility index (Phi) is 6.95. The van der Waals surface area contributed by atoms with Gasteiger partial charge in [-0.2, -0.15) is 4.98 Å². The van der Waals surface area contributed by atoms with Crippen molar-refractivity contribution in [3.63, 3.8) is 0 Å². The van der Waals surface area contributed by atoms with Crippen LogP contribution in [0.5, 0.6) is 0 Å². The van der Waals surface area contributed by atoms with Gasteiger partial charge in [-0.1, -0.05) is 6.07 Å². The summed E-state index contributed by atoms with van der Waals surface area (Å²) in [5.74, 6) is 0.539. The van der Waals surface area contributed by atoms with Gasteiger partial charge in [-0.3, -0.25) is 9.78 Å². The number of thiophene rings is 1. The number of pyridine rings is 1. The largest absolute Gasteiger partial charge is 0.370 e. The fraction of sp³-hybridized carbons (Fsp3) is 0.241. The summed E-state index contributed by atoms with van der Waals surface area (Å²) < 4.78 is 0. The SMILES string of the molecule is CCN(CCN)c1cccc(Nc2nc(-c3cc4c(s3)CCN(C(=O)c3cccnc3)C4)c3cc[nH]c3n2)c1.[HH].[HH]. The lowest BCUT2D eigenvalue weighted by Gasteiger charge is -2.26. The lowest BCUT2D eigenvalue weighted by atomic mass is 10.1. The highest BCUT2D eigenvalue weighted by atomic mass is 32.1. The summed E-state index contributed by atoms with van der Waals surface area (Å²) in [6.45, 7) is 5.66. The molecule has 9 nitrogen and oxygen atoms in total. The Morgan fingerprint density at radius 3 is 2.97 bits per heavy atom. The minimum absolute atomic E-state index is 0. The van der Waals surface area contributed by atoms with Gasteiger partial charge in [0.1, 0.15) is 5.65 Å². The number of anilines is 3. The van der Waals surface area contributed by atoms with E-state index in [0.717, 1.165) is 52.5 Å². The molecule has 0 spiro atoms. The number of benzene rings is 1. The fourth-order valence-corrected chi connectivity index (χ4v) is 6.18. The second-order valence-corrected chi connectivity index (χ2v) is 10.6. The molecule has 1 aromatic carbocycles. The minimum atomic E-state index is 0. The van der Waals surface area contributed by atoms with Gasteiger partial charge in [0, 0.05) is 75.8 Å². The normalized spacial score (nSPS) is 12.9. The zero-order chi connectivity index (χ0) is 26.8. The summed E-state index contributed by atoms with van der Waals surface area (Å²) in [6, 6.07) is 16.0. The van der Waals surface area contributed by atoms with E-state index in [1.54, 1.807) is 29.8 Å². The van der Waals surface area contributed by atoms with Gasteiger partial charge >= 0.3 is 0 Å². The van der Waals surface area contributed by atoms with E-state index in [0.29, 0.717) is 31.1 Å². The lowest BCUT2D eigenvalue weighted by molar-refractivity contribution is 0.0735. The van der Waals surface area contributed by atoms with Crippen molar-refractivity contribution in [2.45, 2.75) is 19.9 Å². The van der Waals surface area contributed by atoms with Gasteiger partial charge in [0.15, 0.2) is 0 Å². The van der Waals surface area contributed by atoms with Crippen molar-refractivity contribution in [2.24, 2.45) is 5.73 Å². The molecule has 0 atom stereocenters. The molecule has 5 aromatic rings. The Bertz CT molecular complexity index is 1620. The van der Waals surface area contributed by atoms with E-state index in [2.05, 4.69) is 45.3 Å². The van der Waals surface area contributed by atoms with Crippen LogP contribution in [0.1, 0.15) is 30.6 Å². The maximum Gasteiger partial charge on any atom is 0.255 e. The number of H-pyrrole nitrogens is 1. The van der Waals surface area contributed by atoms with Gasteiger partial charge in [0.05, 0.1) is 16.1 Å². The standard InChI is InChI=1S/C29H30N8OS.2H2/c1-2-36(14-10-30)22-7-3-6-21(16-22)33-29-34-26(23-8-12-32-27(23)35-29)25-15-20-18-37(13-9-24(20)39-25)28(38)19-5-4-11-31-17-19;;/h3-8,11-12,15-17H,2,9-10,13-14,18,30H2,1H3,(H2,32,33,34,35);2*1H. The molecule has 0 saturated heterocycles. The molecule has 5 heterocycles. The average molecular weight is 543 g/mol. The summed E-state index contributed by atoms with van der Waals surface area (Å²) >= 11 is 1.75. The molecule has 0 unspecified atom stereocenters. The van der Waals surface area contributed by atoms with Gasteiger partial charge in [0.25, 0.3) is 5.91 Å². The summed E-state index contributed by atoms with van der Waals surface area (Å²) in [5.41, 5.74) is 11.3. The maximum atomic E-state index is 13.0. The van der Waals surface area contributed by atoms with Crippen molar-refractivity contribution in [1.82, 2.24) is 24.8 Å². The second kappa shape index (κ2) is 10.8.